The maximum atomic E-state index is 13.1. The van der Waals surface area contributed by atoms with Crippen LogP contribution in [-0.2, 0) is 19.4 Å². The van der Waals surface area contributed by atoms with E-state index in [9.17, 15) is 4.79 Å². The number of fused-ring (bicyclic) bond motifs is 5. The number of H-pyrrole nitrogens is 1. The van der Waals surface area contributed by atoms with Crippen molar-refractivity contribution < 1.29 is 4.79 Å². The second-order valence-corrected chi connectivity index (χ2v) is 9.73. The van der Waals surface area contributed by atoms with Crippen molar-refractivity contribution in [2.75, 3.05) is 0 Å². The molecule has 3 aliphatic rings. The molecule has 3 aromatic rings. The molecule has 4 heteroatoms. The molecule has 4 nitrogen and oxygen atoms in total. The maximum absolute atomic E-state index is 13.1. The van der Waals surface area contributed by atoms with Crippen LogP contribution in [0.1, 0.15) is 65.7 Å². The van der Waals surface area contributed by atoms with Crippen molar-refractivity contribution in [2.45, 2.75) is 76.0 Å². The second kappa shape index (κ2) is 7.83. The molecule has 0 radical (unpaired) electrons. The summed E-state index contributed by atoms with van der Waals surface area (Å²) in [6.45, 7) is 1.03. The number of rotatable bonds is 4. The third kappa shape index (κ3) is 3.57. The van der Waals surface area contributed by atoms with Gasteiger partial charge in [0.2, 0.25) is 0 Å². The average molecular weight is 414 g/mol. The van der Waals surface area contributed by atoms with E-state index < -0.39 is 0 Å². The number of nitrogens with zero attached hydrogens (tertiary/aromatic N) is 1. The van der Waals surface area contributed by atoms with Gasteiger partial charge in [0.1, 0.15) is 0 Å². The van der Waals surface area contributed by atoms with Crippen molar-refractivity contribution in [1.29, 1.82) is 0 Å². The van der Waals surface area contributed by atoms with Crippen molar-refractivity contribution in [1.82, 2.24) is 15.2 Å². The Morgan fingerprint density at radius 3 is 2.58 bits per heavy atom. The predicted molar refractivity (Wildman–Crippen MR) is 124 cm³/mol. The Bertz CT molecular complexity index is 1090. The molecule has 1 unspecified atom stereocenters. The SMILES string of the molecule is O=C(NC1C[C@H]2CC[C@@H](C1)N2Cc1ccccc1)c1ccc2c3c([nH]c2c1)CCCC3. The lowest BCUT2D eigenvalue weighted by molar-refractivity contribution is 0.0828. The average Bonchev–Trinajstić information content (AvgIpc) is 3.27. The zero-order valence-corrected chi connectivity index (χ0v) is 18.1. The van der Waals surface area contributed by atoms with Crippen LogP contribution in [-0.4, -0.2) is 33.9 Å². The largest absolute Gasteiger partial charge is 0.358 e. The van der Waals surface area contributed by atoms with Gasteiger partial charge in [-0.25, -0.2) is 0 Å². The number of piperidine rings is 1. The highest BCUT2D eigenvalue weighted by Gasteiger charge is 2.40. The van der Waals surface area contributed by atoms with Crippen LogP contribution in [0.15, 0.2) is 48.5 Å². The molecular weight excluding hydrogens is 382 g/mol. The highest BCUT2D eigenvalue weighted by molar-refractivity contribution is 5.99. The number of benzene rings is 2. The first-order valence-electron chi connectivity index (χ1n) is 12.0. The van der Waals surface area contributed by atoms with E-state index in [1.807, 2.05) is 6.07 Å². The van der Waals surface area contributed by atoms with E-state index >= 15 is 0 Å². The van der Waals surface area contributed by atoms with E-state index in [1.165, 1.54) is 47.9 Å². The van der Waals surface area contributed by atoms with Gasteiger partial charge in [-0.2, -0.15) is 0 Å². The minimum atomic E-state index is 0.0791. The van der Waals surface area contributed by atoms with Crippen LogP contribution < -0.4 is 5.32 Å². The molecule has 2 bridgehead atoms. The van der Waals surface area contributed by atoms with Gasteiger partial charge < -0.3 is 10.3 Å². The first-order valence-corrected chi connectivity index (χ1v) is 12.0. The van der Waals surface area contributed by atoms with Gasteiger partial charge in [0.05, 0.1) is 0 Å². The van der Waals surface area contributed by atoms with Crippen molar-refractivity contribution in [3.63, 3.8) is 0 Å². The second-order valence-electron chi connectivity index (χ2n) is 9.73. The van der Waals surface area contributed by atoms with Gasteiger partial charge in [-0.15, -0.1) is 0 Å². The monoisotopic (exact) mass is 413 g/mol. The van der Waals surface area contributed by atoms with Gasteiger partial charge in [-0.05, 0) is 74.6 Å². The lowest BCUT2D eigenvalue weighted by Crippen LogP contribution is -2.49. The summed E-state index contributed by atoms with van der Waals surface area (Å²) in [5.41, 5.74) is 6.14. The number of carbonyl (C=O) groups is 1. The summed E-state index contributed by atoms with van der Waals surface area (Å²) < 4.78 is 0. The molecule has 1 aromatic heterocycles. The van der Waals surface area contributed by atoms with Gasteiger partial charge in [0.15, 0.2) is 0 Å². The molecule has 3 atom stereocenters. The summed E-state index contributed by atoms with van der Waals surface area (Å²) in [6.07, 6.45) is 9.46. The molecule has 1 aliphatic carbocycles. The number of carbonyl (C=O) groups excluding carboxylic acids is 1. The van der Waals surface area contributed by atoms with Gasteiger partial charge >= 0.3 is 0 Å². The van der Waals surface area contributed by atoms with Gasteiger partial charge in [-0.3, -0.25) is 9.69 Å². The molecule has 31 heavy (non-hydrogen) atoms. The van der Waals surface area contributed by atoms with Crippen molar-refractivity contribution in [3.05, 3.63) is 70.9 Å². The lowest BCUT2D eigenvalue weighted by Gasteiger charge is -2.39. The summed E-state index contributed by atoms with van der Waals surface area (Å²) in [6, 6.07) is 18.5. The lowest BCUT2D eigenvalue weighted by atomic mass is 9.95. The molecule has 2 saturated heterocycles. The van der Waals surface area contributed by atoms with E-state index in [-0.39, 0.29) is 11.9 Å². The summed E-state index contributed by atoms with van der Waals surface area (Å²) in [4.78, 5) is 19.3. The van der Waals surface area contributed by atoms with Crippen molar-refractivity contribution in [2.24, 2.45) is 0 Å². The van der Waals surface area contributed by atoms with Crippen molar-refractivity contribution in [3.8, 4) is 0 Å². The highest BCUT2D eigenvalue weighted by atomic mass is 16.1. The fourth-order valence-corrected chi connectivity index (χ4v) is 6.27. The zero-order valence-electron chi connectivity index (χ0n) is 18.1. The summed E-state index contributed by atoms with van der Waals surface area (Å²) in [7, 11) is 0. The molecule has 1 amide bonds. The standard InChI is InChI=1S/C27H31N3O/c31-27(19-10-13-24-23-8-4-5-9-25(23)29-26(24)14-19)28-20-15-21-11-12-22(16-20)30(21)17-18-6-2-1-3-7-18/h1-3,6-7,10,13-14,20-22,29H,4-5,8-9,11-12,15-17H2,(H,28,31)/t20?,21-,22+. The topological polar surface area (TPSA) is 48.1 Å². The van der Waals surface area contributed by atoms with E-state index in [1.54, 1.807) is 0 Å². The first kappa shape index (κ1) is 19.1. The Kier molecular flexibility index (Phi) is 4.83. The fraction of sp³-hybridized carbons (Fsp3) is 0.444. The number of aryl methyl sites for hydroxylation is 2. The Balaban J connectivity index is 1.14. The minimum Gasteiger partial charge on any atom is -0.358 e. The molecule has 6 rings (SSSR count). The Morgan fingerprint density at radius 2 is 1.77 bits per heavy atom. The molecule has 2 N–H and O–H groups in total. The van der Waals surface area contributed by atoms with Crippen LogP contribution in [0.2, 0.25) is 0 Å². The number of hydrogen-bond acceptors (Lipinski definition) is 2. The third-order valence-electron chi connectivity index (χ3n) is 7.79. The highest BCUT2D eigenvalue weighted by Crippen LogP contribution is 2.37. The molecule has 2 aromatic carbocycles. The number of hydrogen-bond donors (Lipinski definition) is 2. The normalized spacial score (nSPS) is 25.5. The molecule has 160 valence electrons. The Hall–Kier alpha value is -2.59. The summed E-state index contributed by atoms with van der Waals surface area (Å²) in [5, 5.41) is 4.67. The van der Waals surface area contributed by atoms with Crippen LogP contribution in [0.4, 0.5) is 0 Å². The van der Waals surface area contributed by atoms with Crippen LogP contribution >= 0.6 is 0 Å². The van der Waals surface area contributed by atoms with Crippen LogP contribution in [0.25, 0.3) is 10.9 Å². The predicted octanol–water partition coefficient (Wildman–Crippen LogP) is 4.97. The molecule has 2 aliphatic heterocycles. The van der Waals surface area contributed by atoms with E-state index in [4.69, 9.17) is 0 Å². The smallest absolute Gasteiger partial charge is 0.251 e. The maximum Gasteiger partial charge on any atom is 0.251 e. The van der Waals surface area contributed by atoms with Crippen LogP contribution in [0, 0.1) is 0 Å². The molecule has 2 fully saturated rings. The van der Waals surface area contributed by atoms with Gasteiger partial charge in [0, 0.05) is 46.8 Å². The number of aromatic amines is 1. The van der Waals surface area contributed by atoms with E-state index in [0.29, 0.717) is 12.1 Å². The van der Waals surface area contributed by atoms with Gasteiger partial charge in [0.25, 0.3) is 5.91 Å². The van der Waals surface area contributed by atoms with E-state index in [2.05, 4.69) is 57.7 Å². The third-order valence-corrected chi connectivity index (χ3v) is 7.79. The number of amides is 1. The molecule has 0 saturated carbocycles. The van der Waals surface area contributed by atoms with Crippen LogP contribution in [0.3, 0.4) is 0 Å². The number of aromatic nitrogens is 1. The quantitative estimate of drug-likeness (QED) is 0.634. The van der Waals surface area contributed by atoms with Gasteiger partial charge in [-0.1, -0.05) is 36.4 Å². The van der Waals surface area contributed by atoms with E-state index in [0.717, 1.165) is 43.3 Å². The fourth-order valence-electron chi connectivity index (χ4n) is 6.27. The Morgan fingerprint density at radius 1 is 1.00 bits per heavy atom. The van der Waals surface area contributed by atoms with Crippen LogP contribution in [0.5, 0.6) is 0 Å². The summed E-state index contributed by atoms with van der Waals surface area (Å²) in [5.74, 6) is 0.0791. The van der Waals surface area contributed by atoms with Crippen molar-refractivity contribution >= 4 is 16.8 Å². The Labute approximate surface area is 184 Å². The molecule has 0 spiro atoms. The number of nitrogens with one attached hydrogen (secondary N) is 2. The molecular formula is C27H31N3O. The summed E-state index contributed by atoms with van der Waals surface area (Å²) >= 11 is 0. The minimum absolute atomic E-state index is 0.0791. The molecule has 3 heterocycles. The zero-order chi connectivity index (χ0) is 20.8. The first-order chi connectivity index (χ1) is 15.2.